The minimum absolute atomic E-state index is 0.0229. The first kappa shape index (κ1) is 15.8. The van der Waals surface area contributed by atoms with Crippen LogP contribution in [-0.2, 0) is 14.6 Å². The Morgan fingerprint density at radius 3 is 2.47 bits per heavy atom. The Morgan fingerprint density at radius 2 is 2.00 bits per heavy atom. The van der Waals surface area contributed by atoms with E-state index in [9.17, 15) is 8.42 Å². The highest BCUT2D eigenvalue weighted by atomic mass is 35.5. The molecule has 0 aromatic heterocycles. The van der Waals surface area contributed by atoms with Crippen LogP contribution in [0.15, 0.2) is 34.3 Å². The summed E-state index contributed by atoms with van der Waals surface area (Å²) in [6.45, 7) is 3.02. The third-order valence-electron chi connectivity index (χ3n) is 2.42. The molecule has 6 nitrogen and oxygen atoms in total. The second-order valence-corrected chi connectivity index (χ2v) is 6.77. The van der Waals surface area contributed by atoms with Gasteiger partial charge < -0.3 is 4.74 Å². The van der Waals surface area contributed by atoms with Gasteiger partial charge in [0.05, 0.1) is 11.4 Å². The first-order chi connectivity index (χ1) is 8.87. The van der Waals surface area contributed by atoms with Crippen molar-refractivity contribution < 1.29 is 13.2 Å². The molecule has 0 N–H and O–H groups in total. The second-order valence-electron chi connectivity index (χ2n) is 3.80. The monoisotopic (exact) mass is 303 g/mol. The number of hydrogen-bond acceptors (Lipinski definition) is 4. The molecule has 0 aliphatic heterocycles. The molecular weight excluding hydrogens is 290 g/mol. The minimum Gasteiger partial charge on any atom is -0.347 e. The average molecular weight is 304 g/mol. The molecule has 0 aliphatic carbocycles. The molecule has 0 radical (unpaired) electrons. The van der Waals surface area contributed by atoms with Crippen molar-refractivity contribution in [3.8, 4) is 0 Å². The third-order valence-corrected chi connectivity index (χ3v) is 5.20. The SMILES string of the molecule is CCOC(Cl)(CN=[N+]=[N-])S(=O)(=O)c1ccc(C)cc1. The molecule has 1 unspecified atom stereocenters. The summed E-state index contributed by atoms with van der Waals surface area (Å²) >= 11 is 6.01. The fourth-order valence-electron chi connectivity index (χ4n) is 1.43. The molecule has 1 aromatic carbocycles. The number of benzene rings is 1. The van der Waals surface area contributed by atoms with Crippen LogP contribution in [0.4, 0.5) is 0 Å². The van der Waals surface area contributed by atoms with Crippen molar-refractivity contribution in [3.05, 3.63) is 40.3 Å². The molecule has 0 saturated heterocycles. The molecule has 19 heavy (non-hydrogen) atoms. The van der Waals surface area contributed by atoms with Crippen molar-refractivity contribution in [1.82, 2.24) is 0 Å². The van der Waals surface area contributed by atoms with Crippen molar-refractivity contribution in [2.45, 2.75) is 23.1 Å². The van der Waals surface area contributed by atoms with Crippen LogP contribution in [-0.4, -0.2) is 26.0 Å². The van der Waals surface area contributed by atoms with Crippen molar-refractivity contribution >= 4 is 21.4 Å². The molecule has 1 rings (SSSR count). The Morgan fingerprint density at radius 1 is 1.42 bits per heavy atom. The van der Waals surface area contributed by atoms with E-state index < -0.39 is 20.8 Å². The zero-order chi connectivity index (χ0) is 14.5. The van der Waals surface area contributed by atoms with Gasteiger partial charge in [-0.3, -0.25) is 0 Å². The van der Waals surface area contributed by atoms with E-state index in [1.165, 1.54) is 12.1 Å². The van der Waals surface area contributed by atoms with E-state index in [1.807, 2.05) is 6.92 Å². The number of azide groups is 1. The Balaban J connectivity index is 3.26. The number of sulfone groups is 1. The summed E-state index contributed by atoms with van der Waals surface area (Å²) in [5, 5.41) is 3.22. The number of ether oxygens (including phenoxy) is 1. The van der Waals surface area contributed by atoms with E-state index in [1.54, 1.807) is 19.1 Å². The summed E-state index contributed by atoms with van der Waals surface area (Å²) < 4.78 is 27.9. The predicted octanol–water partition coefficient (Wildman–Crippen LogP) is 3.01. The quantitative estimate of drug-likeness (QED) is 0.350. The van der Waals surface area contributed by atoms with Crippen LogP contribution in [0.25, 0.3) is 10.4 Å². The zero-order valence-electron chi connectivity index (χ0n) is 10.6. The molecule has 0 saturated carbocycles. The molecule has 0 bridgehead atoms. The van der Waals surface area contributed by atoms with Gasteiger partial charge in [-0.15, -0.1) is 0 Å². The van der Waals surface area contributed by atoms with E-state index in [2.05, 4.69) is 10.0 Å². The van der Waals surface area contributed by atoms with E-state index in [0.717, 1.165) is 5.56 Å². The van der Waals surface area contributed by atoms with Crippen LogP contribution in [0, 0.1) is 6.92 Å². The van der Waals surface area contributed by atoms with Gasteiger partial charge in [-0.1, -0.05) is 34.4 Å². The highest BCUT2D eigenvalue weighted by Crippen LogP contribution is 2.32. The van der Waals surface area contributed by atoms with Crippen LogP contribution in [0.3, 0.4) is 0 Å². The highest BCUT2D eigenvalue weighted by molar-refractivity contribution is 7.94. The summed E-state index contributed by atoms with van der Waals surface area (Å²) in [6, 6.07) is 6.20. The lowest BCUT2D eigenvalue weighted by atomic mass is 10.2. The largest absolute Gasteiger partial charge is 0.347 e. The summed E-state index contributed by atoms with van der Waals surface area (Å²) in [6.07, 6.45) is 0. The Bertz CT molecular complexity index is 582. The highest BCUT2D eigenvalue weighted by Gasteiger charge is 2.43. The fourth-order valence-corrected chi connectivity index (χ4v) is 3.21. The normalized spacial score (nSPS) is 14.5. The standard InChI is InChI=1S/C11H14ClN3O3S/c1-3-18-11(12,8-14-15-13)19(16,17)10-6-4-9(2)5-7-10/h4-7H,3,8H2,1-2H3. The number of nitrogens with zero attached hydrogens (tertiary/aromatic N) is 3. The van der Waals surface area contributed by atoms with Crippen LogP contribution in [0.5, 0.6) is 0 Å². The maximum atomic E-state index is 12.4. The van der Waals surface area contributed by atoms with Gasteiger partial charge >= 0.3 is 0 Å². The maximum absolute atomic E-state index is 12.4. The third kappa shape index (κ3) is 3.39. The Labute approximate surface area is 116 Å². The number of rotatable bonds is 6. The zero-order valence-corrected chi connectivity index (χ0v) is 12.1. The second kappa shape index (κ2) is 6.25. The van der Waals surface area contributed by atoms with E-state index >= 15 is 0 Å². The smallest absolute Gasteiger partial charge is 0.254 e. The van der Waals surface area contributed by atoms with Gasteiger partial charge in [0.25, 0.3) is 4.39 Å². The van der Waals surface area contributed by atoms with Gasteiger partial charge in [0, 0.05) is 11.5 Å². The first-order valence-electron chi connectivity index (χ1n) is 5.52. The van der Waals surface area contributed by atoms with Crippen molar-refractivity contribution in [3.63, 3.8) is 0 Å². The lowest BCUT2D eigenvalue weighted by Crippen LogP contribution is -2.39. The van der Waals surface area contributed by atoms with Gasteiger partial charge in [-0.05, 0) is 31.5 Å². The van der Waals surface area contributed by atoms with E-state index in [4.69, 9.17) is 21.9 Å². The summed E-state index contributed by atoms with van der Waals surface area (Å²) in [5.74, 6) is 0. The molecule has 0 heterocycles. The molecule has 0 aliphatic rings. The molecule has 0 fully saturated rings. The molecule has 8 heteroatoms. The Hall–Kier alpha value is -1.27. The van der Waals surface area contributed by atoms with Crippen LogP contribution in [0.2, 0.25) is 0 Å². The summed E-state index contributed by atoms with van der Waals surface area (Å²) in [5.41, 5.74) is 9.24. The van der Waals surface area contributed by atoms with Gasteiger partial charge in [0.1, 0.15) is 0 Å². The van der Waals surface area contributed by atoms with Crippen molar-refractivity contribution in [2.24, 2.45) is 5.11 Å². The fraction of sp³-hybridized carbons (Fsp3) is 0.455. The lowest BCUT2D eigenvalue weighted by Gasteiger charge is -2.25. The molecule has 1 aromatic rings. The molecule has 0 spiro atoms. The summed E-state index contributed by atoms with van der Waals surface area (Å²) in [4.78, 5) is 2.54. The average Bonchev–Trinajstić information content (AvgIpc) is 2.37. The summed E-state index contributed by atoms with van der Waals surface area (Å²) in [7, 11) is -3.97. The van der Waals surface area contributed by atoms with Crippen molar-refractivity contribution in [2.75, 3.05) is 13.2 Å². The number of alkyl halides is 1. The van der Waals surface area contributed by atoms with Gasteiger partial charge in [0.2, 0.25) is 9.84 Å². The van der Waals surface area contributed by atoms with Crippen LogP contribution in [0.1, 0.15) is 12.5 Å². The maximum Gasteiger partial charge on any atom is 0.254 e. The first-order valence-corrected chi connectivity index (χ1v) is 7.38. The predicted molar refractivity (Wildman–Crippen MR) is 72.6 cm³/mol. The molecule has 104 valence electrons. The number of halogens is 1. The Kier molecular flexibility index (Phi) is 5.20. The number of aryl methyl sites for hydroxylation is 1. The van der Waals surface area contributed by atoms with Crippen molar-refractivity contribution in [1.29, 1.82) is 0 Å². The molecule has 0 amide bonds. The van der Waals surface area contributed by atoms with Gasteiger partial charge in [0.15, 0.2) is 0 Å². The van der Waals surface area contributed by atoms with Crippen LogP contribution >= 0.6 is 11.6 Å². The minimum atomic E-state index is -3.97. The van der Waals surface area contributed by atoms with E-state index in [-0.39, 0.29) is 11.5 Å². The number of hydrogen-bond donors (Lipinski definition) is 0. The van der Waals surface area contributed by atoms with Gasteiger partial charge in [-0.2, -0.15) is 0 Å². The van der Waals surface area contributed by atoms with Crippen LogP contribution < -0.4 is 0 Å². The molecule has 1 atom stereocenters. The van der Waals surface area contributed by atoms with Gasteiger partial charge in [-0.25, -0.2) is 8.42 Å². The van der Waals surface area contributed by atoms with E-state index in [0.29, 0.717) is 0 Å². The topological polar surface area (TPSA) is 92.1 Å². The molecular formula is C11H14ClN3O3S. The lowest BCUT2D eigenvalue weighted by molar-refractivity contribution is 0.0925.